The predicted molar refractivity (Wildman–Crippen MR) is 84.3 cm³/mol. The van der Waals surface area contributed by atoms with Gasteiger partial charge in [-0.15, -0.1) is 0 Å². The van der Waals surface area contributed by atoms with Crippen LogP contribution in [0.2, 0.25) is 0 Å². The molecule has 0 aromatic heterocycles. The molecule has 114 valence electrons. The van der Waals surface area contributed by atoms with Gasteiger partial charge >= 0.3 is 0 Å². The molecular formula is C17H24N2O2. The Morgan fingerprint density at radius 1 is 1.33 bits per heavy atom. The zero-order chi connectivity index (χ0) is 15.6. The van der Waals surface area contributed by atoms with Gasteiger partial charge in [-0.1, -0.05) is 13.0 Å². The number of benzene rings is 1. The Balaban J connectivity index is 2.10. The van der Waals surface area contributed by atoms with Gasteiger partial charge in [-0.3, -0.25) is 9.59 Å². The minimum atomic E-state index is -0.243. The van der Waals surface area contributed by atoms with E-state index in [4.69, 9.17) is 0 Å². The van der Waals surface area contributed by atoms with Gasteiger partial charge in [0.2, 0.25) is 11.8 Å². The number of hydrogen-bond acceptors (Lipinski definition) is 2. The van der Waals surface area contributed by atoms with Gasteiger partial charge in [0.25, 0.3) is 0 Å². The van der Waals surface area contributed by atoms with Gasteiger partial charge < -0.3 is 10.2 Å². The van der Waals surface area contributed by atoms with Gasteiger partial charge in [0, 0.05) is 24.7 Å². The van der Waals surface area contributed by atoms with E-state index in [0.717, 1.165) is 23.2 Å². The lowest BCUT2D eigenvalue weighted by Crippen LogP contribution is -2.38. The number of aryl methyl sites for hydroxylation is 2. The lowest BCUT2D eigenvalue weighted by atomic mass is 10.1. The minimum absolute atomic E-state index is 0.00965. The third kappa shape index (κ3) is 3.63. The fourth-order valence-corrected chi connectivity index (χ4v) is 2.70. The summed E-state index contributed by atoms with van der Waals surface area (Å²) in [6, 6.07) is 6.24. The first-order valence-corrected chi connectivity index (χ1v) is 7.59. The smallest absolute Gasteiger partial charge is 0.227 e. The average Bonchev–Trinajstić information content (AvgIpc) is 2.79. The van der Waals surface area contributed by atoms with E-state index >= 15 is 0 Å². The Morgan fingerprint density at radius 3 is 2.52 bits per heavy atom. The number of amides is 2. The Labute approximate surface area is 126 Å². The van der Waals surface area contributed by atoms with Gasteiger partial charge in [0.05, 0.1) is 5.92 Å². The molecule has 0 spiro atoms. The highest BCUT2D eigenvalue weighted by molar-refractivity contribution is 6.00. The third-order valence-corrected chi connectivity index (χ3v) is 4.01. The lowest BCUT2D eigenvalue weighted by molar-refractivity contribution is -0.126. The van der Waals surface area contributed by atoms with Crippen molar-refractivity contribution in [2.75, 3.05) is 11.4 Å². The number of carbonyl (C=O) groups is 2. The molecule has 1 aromatic carbocycles. The number of anilines is 1. The van der Waals surface area contributed by atoms with Gasteiger partial charge in [0.1, 0.15) is 0 Å². The molecule has 1 fully saturated rings. The highest BCUT2D eigenvalue weighted by Crippen LogP contribution is 2.27. The van der Waals surface area contributed by atoms with Crippen molar-refractivity contribution in [2.24, 2.45) is 5.92 Å². The minimum Gasteiger partial charge on any atom is -0.353 e. The van der Waals surface area contributed by atoms with Crippen molar-refractivity contribution in [3.63, 3.8) is 0 Å². The zero-order valence-corrected chi connectivity index (χ0v) is 13.3. The summed E-state index contributed by atoms with van der Waals surface area (Å²) in [6.45, 7) is 8.53. The summed E-state index contributed by atoms with van der Waals surface area (Å²) in [4.78, 5) is 26.1. The van der Waals surface area contributed by atoms with Crippen molar-refractivity contribution < 1.29 is 9.59 Å². The van der Waals surface area contributed by atoms with Gasteiger partial charge in [-0.2, -0.15) is 0 Å². The zero-order valence-electron chi connectivity index (χ0n) is 13.3. The molecule has 1 heterocycles. The normalized spacial score (nSPS) is 19.7. The van der Waals surface area contributed by atoms with Crippen molar-refractivity contribution in [2.45, 2.75) is 46.6 Å². The molecule has 2 atom stereocenters. The molecule has 4 nitrogen and oxygen atoms in total. The molecule has 0 radical (unpaired) electrons. The standard InChI is InChI=1S/C17H24N2O2/c1-5-13(4)18-17(21)14-9-16(20)19(10-14)15-7-11(2)6-12(3)8-15/h6-8,13-14H,5,9-10H2,1-4H3,(H,18,21)/t13-,14+/m1/s1. The van der Waals surface area contributed by atoms with Crippen molar-refractivity contribution >= 4 is 17.5 Å². The van der Waals surface area contributed by atoms with E-state index in [0.29, 0.717) is 13.0 Å². The van der Waals surface area contributed by atoms with E-state index in [-0.39, 0.29) is 23.8 Å². The summed E-state index contributed by atoms with van der Waals surface area (Å²) in [5.74, 6) is -0.221. The topological polar surface area (TPSA) is 49.4 Å². The Hall–Kier alpha value is -1.84. The van der Waals surface area contributed by atoms with Crippen LogP contribution in [0.1, 0.15) is 37.8 Å². The molecular weight excluding hydrogens is 264 g/mol. The quantitative estimate of drug-likeness (QED) is 0.925. The van der Waals surface area contributed by atoms with E-state index < -0.39 is 0 Å². The Morgan fingerprint density at radius 2 is 1.95 bits per heavy atom. The van der Waals surface area contributed by atoms with Crippen LogP contribution in [0.15, 0.2) is 18.2 Å². The average molecular weight is 288 g/mol. The predicted octanol–water partition coefficient (Wildman–Crippen LogP) is 2.57. The fraction of sp³-hybridized carbons (Fsp3) is 0.529. The first kappa shape index (κ1) is 15.5. The maximum Gasteiger partial charge on any atom is 0.227 e. The molecule has 1 saturated heterocycles. The fourth-order valence-electron chi connectivity index (χ4n) is 2.70. The van der Waals surface area contributed by atoms with E-state index in [9.17, 15) is 9.59 Å². The second-order valence-corrected chi connectivity index (χ2v) is 6.07. The number of hydrogen-bond donors (Lipinski definition) is 1. The maximum atomic E-state index is 12.2. The lowest BCUT2D eigenvalue weighted by Gasteiger charge is -2.19. The molecule has 1 aliphatic rings. The van der Waals surface area contributed by atoms with Crippen LogP contribution in [0, 0.1) is 19.8 Å². The Bertz CT molecular complexity index is 533. The van der Waals surface area contributed by atoms with Gasteiger partial charge in [-0.05, 0) is 50.5 Å². The summed E-state index contributed by atoms with van der Waals surface area (Å²) in [6.07, 6.45) is 1.20. The molecule has 0 bridgehead atoms. The Kier molecular flexibility index (Phi) is 4.66. The summed E-state index contributed by atoms with van der Waals surface area (Å²) < 4.78 is 0. The van der Waals surface area contributed by atoms with Crippen LogP contribution < -0.4 is 10.2 Å². The summed E-state index contributed by atoms with van der Waals surface area (Å²) in [5.41, 5.74) is 3.16. The summed E-state index contributed by atoms with van der Waals surface area (Å²) in [5, 5.41) is 2.97. The molecule has 0 aliphatic carbocycles. The first-order chi connectivity index (χ1) is 9.90. The van der Waals surface area contributed by atoms with Crippen LogP contribution in [-0.2, 0) is 9.59 Å². The van der Waals surface area contributed by atoms with Crippen LogP contribution in [0.25, 0.3) is 0 Å². The van der Waals surface area contributed by atoms with Gasteiger partial charge in [-0.25, -0.2) is 0 Å². The number of nitrogens with one attached hydrogen (secondary N) is 1. The van der Waals surface area contributed by atoms with E-state index in [1.54, 1.807) is 4.90 Å². The second-order valence-electron chi connectivity index (χ2n) is 6.07. The van der Waals surface area contributed by atoms with Crippen molar-refractivity contribution in [1.29, 1.82) is 0 Å². The summed E-state index contributed by atoms with van der Waals surface area (Å²) >= 11 is 0. The van der Waals surface area contributed by atoms with E-state index in [2.05, 4.69) is 11.4 Å². The monoisotopic (exact) mass is 288 g/mol. The number of rotatable bonds is 4. The molecule has 21 heavy (non-hydrogen) atoms. The second kappa shape index (κ2) is 6.29. The van der Waals surface area contributed by atoms with Crippen LogP contribution in [0.4, 0.5) is 5.69 Å². The number of carbonyl (C=O) groups excluding carboxylic acids is 2. The van der Waals surface area contributed by atoms with Crippen LogP contribution in [0.5, 0.6) is 0 Å². The van der Waals surface area contributed by atoms with Crippen LogP contribution in [0.3, 0.4) is 0 Å². The van der Waals surface area contributed by atoms with Gasteiger partial charge in [0.15, 0.2) is 0 Å². The number of nitrogens with zero attached hydrogens (tertiary/aromatic N) is 1. The molecule has 4 heteroatoms. The highest BCUT2D eigenvalue weighted by Gasteiger charge is 2.35. The first-order valence-electron chi connectivity index (χ1n) is 7.59. The SMILES string of the molecule is CC[C@@H](C)NC(=O)[C@H]1CC(=O)N(c2cc(C)cc(C)c2)C1. The largest absolute Gasteiger partial charge is 0.353 e. The third-order valence-electron chi connectivity index (χ3n) is 4.01. The van der Waals surface area contributed by atoms with E-state index in [1.807, 2.05) is 39.8 Å². The molecule has 1 aromatic rings. The molecule has 2 rings (SSSR count). The van der Waals surface area contributed by atoms with Crippen LogP contribution >= 0.6 is 0 Å². The van der Waals surface area contributed by atoms with Crippen molar-refractivity contribution in [1.82, 2.24) is 5.32 Å². The van der Waals surface area contributed by atoms with Crippen molar-refractivity contribution in [3.05, 3.63) is 29.3 Å². The summed E-state index contributed by atoms with van der Waals surface area (Å²) in [7, 11) is 0. The van der Waals surface area contributed by atoms with Crippen molar-refractivity contribution in [3.8, 4) is 0 Å². The molecule has 0 unspecified atom stereocenters. The molecule has 1 N–H and O–H groups in total. The van der Waals surface area contributed by atoms with E-state index in [1.165, 1.54) is 0 Å². The van der Waals surface area contributed by atoms with Crippen LogP contribution in [-0.4, -0.2) is 24.4 Å². The molecule has 0 saturated carbocycles. The highest BCUT2D eigenvalue weighted by atomic mass is 16.2. The molecule has 1 aliphatic heterocycles. The maximum absolute atomic E-state index is 12.2. The molecule has 2 amide bonds.